The molecule has 1 aromatic carbocycles. The normalized spacial score (nSPS) is 14.6. The summed E-state index contributed by atoms with van der Waals surface area (Å²) in [6, 6.07) is 5.30. The zero-order valence-electron chi connectivity index (χ0n) is 8.79. The standard InChI is InChI=1S/C12H11ClO3/c1-16-12(15)9-5-3-7-2-4-8(13)6-10(7)11(9)14/h2,4,6,14H,3,5H2,1H3. The lowest BCUT2D eigenvalue weighted by atomic mass is 9.90. The van der Waals surface area contributed by atoms with E-state index in [0.717, 1.165) is 5.56 Å². The molecule has 0 amide bonds. The number of methoxy groups -OCH3 is 1. The molecule has 1 N–H and O–H groups in total. The Balaban J connectivity index is 2.52. The molecule has 0 saturated heterocycles. The largest absolute Gasteiger partial charge is 0.507 e. The van der Waals surface area contributed by atoms with E-state index in [9.17, 15) is 9.90 Å². The Labute approximate surface area is 98.3 Å². The van der Waals surface area contributed by atoms with E-state index in [-0.39, 0.29) is 5.76 Å². The molecule has 1 aliphatic rings. The van der Waals surface area contributed by atoms with Crippen LogP contribution in [-0.2, 0) is 16.0 Å². The Kier molecular flexibility index (Phi) is 2.88. The number of aryl methyl sites for hydroxylation is 1. The molecule has 0 heterocycles. The van der Waals surface area contributed by atoms with E-state index in [2.05, 4.69) is 4.74 Å². The van der Waals surface area contributed by atoms with Crippen LogP contribution in [0.2, 0.25) is 5.02 Å². The van der Waals surface area contributed by atoms with E-state index in [1.807, 2.05) is 6.07 Å². The van der Waals surface area contributed by atoms with E-state index in [4.69, 9.17) is 11.6 Å². The van der Waals surface area contributed by atoms with Crippen molar-refractivity contribution in [1.82, 2.24) is 0 Å². The van der Waals surface area contributed by atoms with E-state index in [1.165, 1.54) is 7.11 Å². The fraction of sp³-hybridized carbons (Fsp3) is 0.250. The van der Waals surface area contributed by atoms with Crippen molar-refractivity contribution in [2.45, 2.75) is 12.8 Å². The van der Waals surface area contributed by atoms with Crippen LogP contribution < -0.4 is 0 Å². The van der Waals surface area contributed by atoms with Gasteiger partial charge in [0.2, 0.25) is 0 Å². The topological polar surface area (TPSA) is 46.5 Å². The summed E-state index contributed by atoms with van der Waals surface area (Å²) in [5.74, 6) is -0.501. The van der Waals surface area contributed by atoms with Gasteiger partial charge in [0.1, 0.15) is 5.76 Å². The third-order valence-corrected chi connectivity index (χ3v) is 2.92. The highest BCUT2D eigenvalue weighted by atomic mass is 35.5. The van der Waals surface area contributed by atoms with Crippen LogP contribution in [0.4, 0.5) is 0 Å². The first-order valence-corrected chi connectivity index (χ1v) is 5.30. The Morgan fingerprint density at radius 3 is 2.88 bits per heavy atom. The summed E-state index contributed by atoms with van der Waals surface area (Å²) in [6.07, 6.45) is 1.20. The van der Waals surface area contributed by atoms with Gasteiger partial charge in [-0.1, -0.05) is 17.7 Å². The Morgan fingerprint density at radius 1 is 1.44 bits per heavy atom. The lowest BCUT2D eigenvalue weighted by Gasteiger charge is -2.18. The molecule has 16 heavy (non-hydrogen) atoms. The summed E-state index contributed by atoms with van der Waals surface area (Å²) in [6.45, 7) is 0. The van der Waals surface area contributed by atoms with E-state index >= 15 is 0 Å². The molecule has 0 saturated carbocycles. The van der Waals surface area contributed by atoms with Crippen molar-refractivity contribution in [2.75, 3.05) is 7.11 Å². The second-order valence-electron chi connectivity index (χ2n) is 3.62. The van der Waals surface area contributed by atoms with Gasteiger partial charge in [0, 0.05) is 10.6 Å². The zero-order chi connectivity index (χ0) is 11.7. The second kappa shape index (κ2) is 4.18. The first-order chi connectivity index (χ1) is 7.63. The highest BCUT2D eigenvalue weighted by Gasteiger charge is 2.23. The summed E-state index contributed by atoms with van der Waals surface area (Å²) in [4.78, 5) is 11.4. The first-order valence-electron chi connectivity index (χ1n) is 4.92. The predicted octanol–water partition coefficient (Wildman–Crippen LogP) is 2.73. The van der Waals surface area contributed by atoms with Gasteiger partial charge in [0.15, 0.2) is 0 Å². The lowest BCUT2D eigenvalue weighted by Crippen LogP contribution is -2.13. The number of carbonyl (C=O) groups excluding carboxylic acids is 1. The van der Waals surface area contributed by atoms with Gasteiger partial charge in [-0.05, 0) is 30.5 Å². The molecular formula is C12H11ClO3. The minimum absolute atomic E-state index is 0.0180. The summed E-state index contributed by atoms with van der Waals surface area (Å²) in [5, 5.41) is 10.5. The molecule has 0 bridgehead atoms. The van der Waals surface area contributed by atoms with Gasteiger partial charge in [0.25, 0.3) is 0 Å². The number of hydrogen-bond donors (Lipinski definition) is 1. The van der Waals surface area contributed by atoms with Crippen LogP contribution in [-0.4, -0.2) is 18.2 Å². The van der Waals surface area contributed by atoms with Crippen LogP contribution in [0.1, 0.15) is 17.5 Å². The number of aliphatic hydroxyl groups excluding tert-OH is 1. The van der Waals surface area contributed by atoms with Gasteiger partial charge in [-0.3, -0.25) is 0 Å². The van der Waals surface area contributed by atoms with Gasteiger partial charge < -0.3 is 9.84 Å². The summed E-state index contributed by atoms with van der Waals surface area (Å²) in [7, 11) is 1.30. The fourth-order valence-corrected chi connectivity index (χ4v) is 2.02. The SMILES string of the molecule is COC(=O)C1=C(O)c2cc(Cl)ccc2CC1. The first kappa shape index (κ1) is 11.0. The highest BCUT2D eigenvalue weighted by Crippen LogP contribution is 2.31. The molecule has 0 aromatic heterocycles. The average Bonchev–Trinajstić information content (AvgIpc) is 2.29. The number of aliphatic hydroxyl groups is 1. The summed E-state index contributed by atoms with van der Waals surface area (Å²) < 4.78 is 4.62. The summed E-state index contributed by atoms with van der Waals surface area (Å²) in [5.41, 5.74) is 1.94. The number of rotatable bonds is 1. The third-order valence-electron chi connectivity index (χ3n) is 2.69. The maximum Gasteiger partial charge on any atom is 0.337 e. The van der Waals surface area contributed by atoms with Crippen molar-refractivity contribution >= 4 is 23.3 Å². The van der Waals surface area contributed by atoms with E-state index in [1.54, 1.807) is 12.1 Å². The van der Waals surface area contributed by atoms with Crippen LogP contribution in [0.5, 0.6) is 0 Å². The highest BCUT2D eigenvalue weighted by molar-refractivity contribution is 6.30. The van der Waals surface area contributed by atoms with Gasteiger partial charge in [-0.15, -0.1) is 0 Å². The third kappa shape index (κ3) is 1.78. The van der Waals surface area contributed by atoms with Crippen LogP contribution in [0.3, 0.4) is 0 Å². The quantitative estimate of drug-likeness (QED) is 0.766. The number of esters is 1. The van der Waals surface area contributed by atoms with Crippen molar-refractivity contribution in [3.63, 3.8) is 0 Å². The fourth-order valence-electron chi connectivity index (χ4n) is 1.85. The van der Waals surface area contributed by atoms with Gasteiger partial charge >= 0.3 is 5.97 Å². The van der Waals surface area contributed by atoms with Crippen molar-refractivity contribution in [1.29, 1.82) is 0 Å². The van der Waals surface area contributed by atoms with Gasteiger partial charge in [-0.2, -0.15) is 0 Å². The van der Waals surface area contributed by atoms with Gasteiger partial charge in [0.05, 0.1) is 12.7 Å². The molecule has 0 spiro atoms. The average molecular weight is 239 g/mol. The van der Waals surface area contributed by atoms with Crippen LogP contribution in [0.25, 0.3) is 5.76 Å². The van der Waals surface area contributed by atoms with Crippen LogP contribution in [0, 0.1) is 0 Å². The molecule has 84 valence electrons. The Hall–Kier alpha value is -1.48. The predicted molar refractivity (Wildman–Crippen MR) is 61.3 cm³/mol. The number of benzene rings is 1. The molecule has 1 aromatic rings. The number of fused-ring (bicyclic) bond motifs is 1. The van der Waals surface area contributed by atoms with Gasteiger partial charge in [-0.25, -0.2) is 4.79 Å². The Morgan fingerprint density at radius 2 is 2.19 bits per heavy atom. The monoisotopic (exact) mass is 238 g/mol. The number of halogens is 1. The zero-order valence-corrected chi connectivity index (χ0v) is 9.54. The summed E-state index contributed by atoms with van der Waals surface area (Å²) >= 11 is 5.85. The van der Waals surface area contributed by atoms with E-state index in [0.29, 0.717) is 29.0 Å². The molecule has 0 atom stereocenters. The minimum Gasteiger partial charge on any atom is -0.507 e. The second-order valence-corrected chi connectivity index (χ2v) is 4.06. The smallest absolute Gasteiger partial charge is 0.337 e. The number of hydrogen-bond acceptors (Lipinski definition) is 3. The molecule has 0 fully saturated rings. The molecule has 2 rings (SSSR count). The van der Waals surface area contributed by atoms with Crippen LogP contribution >= 0.6 is 11.6 Å². The molecule has 1 aliphatic carbocycles. The molecule has 3 nitrogen and oxygen atoms in total. The maximum atomic E-state index is 11.4. The van der Waals surface area contributed by atoms with Crippen molar-refractivity contribution in [3.8, 4) is 0 Å². The maximum absolute atomic E-state index is 11.4. The van der Waals surface area contributed by atoms with E-state index < -0.39 is 5.97 Å². The minimum atomic E-state index is -0.483. The lowest BCUT2D eigenvalue weighted by molar-refractivity contribution is -0.136. The molecular weight excluding hydrogens is 228 g/mol. The van der Waals surface area contributed by atoms with Crippen molar-refractivity contribution in [3.05, 3.63) is 39.9 Å². The Bertz CT molecular complexity index is 477. The molecule has 0 radical (unpaired) electrons. The number of ether oxygens (including phenoxy) is 1. The molecule has 0 aliphatic heterocycles. The van der Waals surface area contributed by atoms with Crippen molar-refractivity contribution < 1.29 is 14.6 Å². The van der Waals surface area contributed by atoms with Crippen molar-refractivity contribution in [2.24, 2.45) is 0 Å². The molecule has 4 heteroatoms. The number of carbonyl (C=O) groups is 1. The van der Waals surface area contributed by atoms with Crippen LogP contribution in [0.15, 0.2) is 23.8 Å². The molecule has 0 unspecified atom stereocenters.